The molecule has 0 aromatic carbocycles. The van der Waals surface area contributed by atoms with Gasteiger partial charge in [0.25, 0.3) is 0 Å². The Kier molecular flexibility index (Phi) is 12.6. The first-order chi connectivity index (χ1) is 12.2. The first-order valence-corrected chi connectivity index (χ1v) is 9.71. The minimum Gasteiger partial charge on any atom is -0.481 e. The van der Waals surface area contributed by atoms with Crippen LogP contribution >= 0.6 is 0 Å². The SMILES string of the molecule is CC/C=C\C/C=C\C/C=C\C/C=C\C[C@H]1O[C@H]1CCCCCC(=O)O. The van der Waals surface area contributed by atoms with Gasteiger partial charge in [0, 0.05) is 6.42 Å². The minimum atomic E-state index is -0.695. The highest BCUT2D eigenvalue weighted by molar-refractivity contribution is 5.66. The molecule has 3 nitrogen and oxygen atoms in total. The van der Waals surface area contributed by atoms with E-state index in [9.17, 15) is 4.79 Å². The predicted molar refractivity (Wildman–Crippen MR) is 105 cm³/mol. The predicted octanol–water partition coefficient (Wildman–Crippen LogP) is 5.98. The normalized spacial score (nSPS) is 20.5. The summed E-state index contributed by atoms with van der Waals surface area (Å²) in [5, 5.41) is 8.57. The zero-order chi connectivity index (χ0) is 18.2. The maximum absolute atomic E-state index is 10.4. The second kappa shape index (κ2) is 14.7. The standard InChI is InChI=1S/C22H34O3/c1-2-3-4-5-6-7-8-9-10-11-12-14-17-20-21(25-20)18-15-13-16-19-22(23)24/h3-4,6-7,9-10,12,14,20-21H,2,5,8,11,13,15-19H2,1H3,(H,23,24)/b4-3-,7-6-,10-9-,14-12-/t20-,21+/m1/s1. The highest BCUT2D eigenvalue weighted by atomic mass is 16.6. The lowest BCUT2D eigenvalue weighted by molar-refractivity contribution is -0.137. The first kappa shape index (κ1) is 21.4. The second-order valence-corrected chi connectivity index (χ2v) is 6.44. The number of rotatable bonds is 15. The smallest absolute Gasteiger partial charge is 0.303 e. The van der Waals surface area contributed by atoms with Crippen LogP contribution in [-0.4, -0.2) is 23.3 Å². The molecule has 140 valence electrons. The molecule has 3 heteroatoms. The minimum absolute atomic E-state index is 0.289. The molecule has 0 unspecified atom stereocenters. The van der Waals surface area contributed by atoms with Crippen molar-refractivity contribution >= 4 is 5.97 Å². The number of aliphatic carboxylic acids is 1. The van der Waals surface area contributed by atoms with Gasteiger partial charge in [-0.1, -0.05) is 68.4 Å². The van der Waals surface area contributed by atoms with Crippen LogP contribution in [0.2, 0.25) is 0 Å². The molecule has 0 bridgehead atoms. The largest absolute Gasteiger partial charge is 0.481 e. The van der Waals surface area contributed by atoms with Crippen LogP contribution in [0.4, 0.5) is 0 Å². The average Bonchev–Trinajstić information content (AvgIpc) is 3.33. The Labute approximate surface area is 153 Å². The Bertz CT molecular complexity index is 460. The molecule has 1 heterocycles. The molecule has 1 aliphatic rings. The number of carboxylic acid groups (broad SMARTS) is 1. The van der Waals surface area contributed by atoms with Crippen LogP contribution in [-0.2, 0) is 9.53 Å². The van der Waals surface area contributed by atoms with Gasteiger partial charge in [0.2, 0.25) is 0 Å². The fourth-order valence-corrected chi connectivity index (χ4v) is 2.65. The van der Waals surface area contributed by atoms with E-state index in [0.717, 1.165) is 57.8 Å². The summed E-state index contributed by atoms with van der Waals surface area (Å²) in [6, 6.07) is 0. The monoisotopic (exact) mass is 346 g/mol. The third-order valence-electron chi connectivity index (χ3n) is 4.15. The number of unbranched alkanes of at least 4 members (excludes halogenated alkanes) is 2. The molecule has 25 heavy (non-hydrogen) atoms. The molecule has 0 saturated carbocycles. The molecular weight excluding hydrogens is 312 g/mol. The van der Waals surface area contributed by atoms with Crippen LogP contribution in [0.5, 0.6) is 0 Å². The van der Waals surface area contributed by atoms with Crippen molar-refractivity contribution in [1.29, 1.82) is 0 Å². The van der Waals surface area contributed by atoms with Crippen LogP contribution in [0.1, 0.15) is 71.1 Å². The summed E-state index contributed by atoms with van der Waals surface area (Å²) < 4.78 is 5.64. The van der Waals surface area contributed by atoms with Crippen LogP contribution in [0.15, 0.2) is 48.6 Å². The molecule has 1 rings (SSSR count). The van der Waals surface area contributed by atoms with Crippen molar-refractivity contribution in [3.8, 4) is 0 Å². The van der Waals surface area contributed by atoms with Crippen LogP contribution in [0, 0.1) is 0 Å². The Morgan fingerprint density at radius 2 is 1.44 bits per heavy atom. The third kappa shape index (κ3) is 13.4. The van der Waals surface area contributed by atoms with Gasteiger partial charge in [-0.25, -0.2) is 0 Å². The van der Waals surface area contributed by atoms with Gasteiger partial charge in [-0.15, -0.1) is 0 Å². The summed E-state index contributed by atoms with van der Waals surface area (Å²) in [6.45, 7) is 2.15. The summed E-state index contributed by atoms with van der Waals surface area (Å²) in [7, 11) is 0. The molecule has 1 fully saturated rings. The molecule has 1 aliphatic heterocycles. The van der Waals surface area contributed by atoms with Gasteiger partial charge < -0.3 is 9.84 Å². The molecule has 2 atom stereocenters. The van der Waals surface area contributed by atoms with E-state index in [1.165, 1.54) is 0 Å². The topological polar surface area (TPSA) is 49.8 Å². The molecule has 0 radical (unpaired) electrons. The van der Waals surface area contributed by atoms with Crippen molar-refractivity contribution < 1.29 is 14.6 Å². The summed E-state index contributed by atoms with van der Waals surface area (Å²) in [4.78, 5) is 10.4. The van der Waals surface area contributed by atoms with Gasteiger partial charge in [0.05, 0.1) is 12.2 Å². The van der Waals surface area contributed by atoms with Gasteiger partial charge >= 0.3 is 5.97 Å². The summed E-state index contributed by atoms with van der Waals surface area (Å²) >= 11 is 0. The number of ether oxygens (including phenoxy) is 1. The van der Waals surface area contributed by atoms with Crippen molar-refractivity contribution in [3.05, 3.63) is 48.6 Å². The van der Waals surface area contributed by atoms with Crippen molar-refractivity contribution in [2.75, 3.05) is 0 Å². The molecule has 1 saturated heterocycles. The lowest BCUT2D eigenvalue weighted by atomic mass is 10.1. The van der Waals surface area contributed by atoms with Gasteiger partial charge in [-0.3, -0.25) is 4.79 Å². The summed E-state index contributed by atoms with van der Waals surface area (Å²) in [5.41, 5.74) is 0. The lowest BCUT2D eigenvalue weighted by Gasteiger charge is -1.96. The summed E-state index contributed by atoms with van der Waals surface area (Å²) in [5.74, 6) is -0.695. The summed E-state index contributed by atoms with van der Waals surface area (Å²) in [6.07, 6.45) is 27.7. The Hall–Kier alpha value is -1.61. The quantitative estimate of drug-likeness (QED) is 0.225. The van der Waals surface area contributed by atoms with Gasteiger partial charge in [-0.2, -0.15) is 0 Å². The highest BCUT2D eigenvalue weighted by Crippen LogP contribution is 2.30. The van der Waals surface area contributed by atoms with E-state index in [-0.39, 0.29) is 6.42 Å². The van der Waals surface area contributed by atoms with Crippen molar-refractivity contribution in [3.63, 3.8) is 0 Å². The maximum Gasteiger partial charge on any atom is 0.303 e. The Morgan fingerprint density at radius 3 is 2.04 bits per heavy atom. The fourth-order valence-electron chi connectivity index (χ4n) is 2.65. The molecule has 0 spiro atoms. The first-order valence-electron chi connectivity index (χ1n) is 9.71. The highest BCUT2D eigenvalue weighted by Gasteiger charge is 2.36. The average molecular weight is 347 g/mol. The molecule has 0 aromatic heterocycles. The van der Waals surface area contributed by atoms with Crippen LogP contribution in [0.3, 0.4) is 0 Å². The number of hydrogen-bond acceptors (Lipinski definition) is 2. The van der Waals surface area contributed by atoms with Crippen molar-refractivity contribution in [2.24, 2.45) is 0 Å². The van der Waals surface area contributed by atoms with Crippen LogP contribution < -0.4 is 0 Å². The van der Waals surface area contributed by atoms with E-state index in [1.807, 2.05) is 0 Å². The molecule has 1 N–H and O–H groups in total. The zero-order valence-corrected chi connectivity index (χ0v) is 15.6. The van der Waals surface area contributed by atoms with Crippen molar-refractivity contribution in [1.82, 2.24) is 0 Å². The Balaban J connectivity index is 1.91. The van der Waals surface area contributed by atoms with Gasteiger partial charge in [-0.05, 0) is 44.9 Å². The maximum atomic E-state index is 10.4. The van der Waals surface area contributed by atoms with E-state index in [1.54, 1.807) is 0 Å². The molecule has 0 aliphatic carbocycles. The van der Waals surface area contributed by atoms with E-state index in [4.69, 9.17) is 9.84 Å². The van der Waals surface area contributed by atoms with Gasteiger partial charge in [0.1, 0.15) is 0 Å². The number of epoxide rings is 1. The number of carboxylic acids is 1. The molecule has 0 amide bonds. The fraction of sp³-hybridized carbons (Fsp3) is 0.591. The second-order valence-electron chi connectivity index (χ2n) is 6.44. The molecular formula is C22H34O3. The van der Waals surface area contributed by atoms with E-state index in [2.05, 4.69) is 55.5 Å². The number of hydrogen-bond donors (Lipinski definition) is 1. The zero-order valence-electron chi connectivity index (χ0n) is 15.6. The van der Waals surface area contributed by atoms with E-state index >= 15 is 0 Å². The molecule has 0 aromatic rings. The third-order valence-corrected chi connectivity index (χ3v) is 4.15. The van der Waals surface area contributed by atoms with Crippen LogP contribution in [0.25, 0.3) is 0 Å². The van der Waals surface area contributed by atoms with Gasteiger partial charge in [0.15, 0.2) is 0 Å². The van der Waals surface area contributed by atoms with E-state index < -0.39 is 5.97 Å². The van der Waals surface area contributed by atoms with E-state index in [0.29, 0.717) is 12.2 Å². The lowest BCUT2D eigenvalue weighted by Crippen LogP contribution is -1.95. The Morgan fingerprint density at radius 1 is 0.840 bits per heavy atom. The number of carbonyl (C=O) groups is 1. The number of allylic oxidation sites excluding steroid dienone is 7. The van der Waals surface area contributed by atoms with Crippen molar-refractivity contribution in [2.45, 2.75) is 83.3 Å².